The van der Waals surface area contributed by atoms with E-state index in [1.54, 1.807) is 0 Å². The molecule has 0 saturated carbocycles. The monoisotopic (exact) mass is 369 g/mol. The van der Waals surface area contributed by atoms with E-state index in [0.29, 0.717) is 24.9 Å². The second-order valence-electron chi connectivity index (χ2n) is 7.65. The van der Waals surface area contributed by atoms with Crippen LogP contribution >= 0.6 is 0 Å². The Labute approximate surface area is 159 Å². The van der Waals surface area contributed by atoms with Gasteiger partial charge in [-0.2, -0.15) is 0 Å². The number of carbonyl (C=O) groups excluding carboxylic acids is 1. The van der Waals surface area contributed by atoms with Crippen molar-refractivity contribution in [3.63, 3.8) is 0 Å². The fraction of sp³-hybridized carbons (Fsp3) is 0.550. The third-order valence-corrected chi connectivity index (χ3v) is 5.88. The van der Waals surface area contributed by atoms with Gasteiger partial charge in [0.2, 0.25) is 5.91 Å². The van der Waals surface area contributed by atoms with Gasteiger partial charge in [-0.05, 0) is 30.9 Å². The van der Waals surface area contributed by atoms with Crippen LogP contribution in [-0.2, 0) is 24.3 Å². The van der Waals surface area contributed by atoms with Crippen LogP contribution in [-0.4, -0.2) is 56.6 Å². The number of nitrogens with zero attached hydrogens (tertiary/aromatic N) is 4. The number of fused-ring (bicyclic) bond motifs is 3. The second-order valence-corrected chi connectivity index (χ2v) is 7.65. The summed E-state index contributed by atoms with van der Waals surface area (Å²) in [6.45, 7) is 3.37. The molecule has 144 valence electrons. The second kappa shape index (κ2) is 8.19. The number of nitrogens with one attached hydrogen (secondary N) is 1. The summed E-state index contributed by atoms with van der Waals surface area (Å²) >= 11 is 0. The molecular formula is C20H27N5O2. The molecular weight excluding hydrogens is 342 g/mol. The average molecular weight is 369 g/mol. The summed E-state index contributed by atoms with van der Waals surface area (Å²) in [5.41, 5.74) is 1.96. The van der Waals surface area contributed by atoms with Crippen molar-refractivity contribution in [2.75, 3.05) is 19.7 Å². The van der Waals surface area contributed by atoms with Crippen molar-refractivity contribution in [1.82, 2.24) is 25.2 Å². The molecule has 2 N–H and O–H groups in total. The number of amides is 1. The molecule has 4 heterocycles. The zero-order valence-electron chi connectivity index (χ0n) is 15.5. The molecule has 7 heteroatoms. The Morgan fingerprint density at radius 1 is 1.30 bits per heavy atom. The van der Waals surface area contributed by atoms with E-state index in [0.717, 1.165) is 43.7 Å². The fourth-order valence-electron chi connectivity index (χ4n) is 4.41. The van der Waals surface area contributed by atoms with Gasteiger partial charge in [-0.15, -0.1) is 5.10 Å². The van der Waals surface area contributed by atoms with Crippen LogP contribution in [0.4, 0.5) is 0 Å². The normalized spacial score (nSPS) is 26.9. The topological polar surface area (TPSA) is 83.3 Å². The lowest BCUT2D eigenvalue weighted by Crippen LogP contribution is -2.58. The number of aliphatic hydroxyl groups excluding tert-OH is 1. The van der Waals surface area contributed by atoms with Crippen molar-refractivity contribution >= 4 is 5.91 Å². The first-order chi connectivity index (χ1) is 13.2. The van der Waals surface area contributed by atoms with E-state index in [-0.39, 0.29) is 18.4 Å². The quantitative estimate of drug-likeness (QED) is 0.756. The highest BCUT2D eigenvalue weighted by molar-refractivity contribution is 5.79. The van der Waals surface area contributed by atoms with Crippen LogP contribution in [0.15, 0.2) is 36.5 Å². The lowest BCUT2D eigenvalue weighted by Gasteiger charge is -2.49. The summed E-state index contributed by atoms with van der Waals surface area (Å²) in [4.78, 5) is 15.1. The molecule has 0 radical (unpaired) electrons. The van der Waals surface area contributed by atoms with Gasteiger partial charge in [-0.1, -0.05) is 35.5 Å². The standard InChI is InChI=1S/C20H27N5O2/c26-9-7-17-12-25(23-22-17)13-18-10-16-6-8-24(18)14-19(16)20(27)21-11-15-4-2-1-3-5-15/h1-5,12,16,18-19,26H,6-11,13-14H2,(H,21,27). The molecule has 4 atom stereocenters. The molecule has 1 amide bonds. The molecule has 3 saturated heterocycles. The summed E-state index contributed by atoms with van der Waals surface area (Å²) in [5, 5.41) is 20.4. The minimum Gasteiger partial charge on any atom is -0.396 e. The first-order valence-electron chi connectivity index (χ1n) is 9.78. The molecule has 5 rings (SSSR count). The van der Waals surface area contributed by atoms with Gasteiger partial charge in [-0.25, -0.2) is 0 Å². The van der Waals surface area contributed by atoms with Gasteiger partial charge >= 0.3 is 0 Å². The molecule has 7 nitrogen and oxygen atoms in total. The van der Waals surface area contributed by atoms with Gasteiger partial charge < -0.3 is 10.4 Å². The smallest absolute Gasteiger partial charge is 0.224 e. The Morgan fingerprint density at radius 3 is 2.89 bits per heavy atom. The van der Waals surface area contributed by atoms with Crippen molar-refractivity contribution in [2.24, 2.45) is 11.8 Å². The minimum atomic E-state index is 0.0828. The van der Waals surface area contributed by atoms with Crippen LogP contribution in [0.5, 0.6) is 0 Å². The van der Waals surface area contributed by atoms with Gasteiger partial charge in [0.15, 0.2) is 0 Å². The summed E-state index contributed by atoms with van der Waals surface area (Å²) in [7, 11) is 0. The van der Waals surface area contributed by atoms with Gasteiger partial charge in [-0.3, -0.25) is 14.4 Å². The third-order valence-electron chi connectivity index (χ3n) is 5.88. The summed E-state index contributed by atoms with van der Waals surface area (Å²) < 4.78 is 1.88. The molecule has 0 aliphatic carbocycles. The average Bonchev–Trinajstić information content (AvgIpc) is 3.14. The first-order valence-corrected chi connectivity index (χ1v) is 9.78. The Kier molecular flexibility index (Phi) is 5.50. The van der Waals surface area contributed by atoms with Gasteiger partial charge in [0.05, 0.1) is 18.2 Å². The summed E-state index contributed by atoms with van der Waals surface area (Å²) in [6, 6.07) is 10.5. The van der Waals surface area contributed by atoms with Crippen LogP contribution in [0.1, 0.15) is 24.1 Å². The predicted octanol–water partition coefficient (Wildman–Crippen LogP) is 0.840. The maximum Gasteiger partial charge on any atom is 0.224 e. The predicted molar refractivity (Wildman–Crippen MR) is 101 cm³/mol. The van der Waals surface area contributed by atoms with Gasteiger partial charge in [0.25, 0.3) is 0 Å². The molecule has 0 spiro atoms. The van der Waals surface area contributed by atoms with Crippen molar-refractivity contribution in [2.45, 2.75) is 38.4 Å². The van der Waals surface area contributed by atoms with Crippen LogP contribution in [0.2, 0.25) is 0 Å². The van der Waals surface area contributed by atoms with Gasteiger partial charge in [0.1, 0.15) is 0 Å². The number of piperidine rings is 3. The van der Waals surface area contributed by atoms with Crippen LogP contribution in [0, 0.1) is 11.8 Å². The Bertz CT molecular complexity index is 763. The molecule has 2 bridgehead atoms. The number of benzene rings is 1. The summed E-state index contributed by atoms with van der Waals surface area (Å²) in [5.74, 6) is 0.702. The maximum atomic E-state index is 12.7. The van der Waals surface area contributed by atoms with E-state index < -0.39 is 0 Å². The molecule has 3 fully saturated rings. The Morgan fingerprint density at radius 2 is 2.15 bits per heavy atom. The number of aliphatic hydroxyl groups is 1. The molecule has 2 aromatic rings. The number of hydrogen-bond acceptors (Lipinski definition) is 5. The van der Waals surface area contributed by atoms with Crippen LogP contribution in [0.25, 0.3) is 0 Å². The molecule has 3 aliphatic rings. The molecule has 27 heavy (non-hydrogen) atoms. The van der Waals surface area contributed by atoms with E-state index >= 15 is 0 Å². The van der Waals surface area contributed by atoms with Crippen molar-refractivity contribution in [1.29, 1.82) is 0 Å². The highest BCUT2D eigenvalue weighted by Crippen LogP contribution is 2.36. The minimum absolute atomic E-state index is 0.0828. The molecule has 1 aromatic heterocycles. The summed E-state index contributed by atoms with van der Waals surface area (Å²) in [6.07, 6.45) is 4.58. The third kappa shape index (κ3) is 4.20. The number of aromatic nitrogens is 3. The van der Waals surface area contributed by atoms with Crippen LogP contribution in [0.3, 0.4) is 0 Å². The van der Waals surface area contributed by atoms with E-state index in [4.69, 9.17) is 5.11 Å². The van der Waals surface area contributed by atoms with Crippen molar-refractivity contribution < 1.29 is 9.90 Å². The van der Waals surface area contributed by atoms with Crippen LogP contribution < -0.4 is 5.32 Å². The van der Waals surface area contributed by atoms with Crippen molar-refractivity contribution in [3.05, 3.63) is 47.8 Å². The van der Waals surface area contributed by atoms with Gasteiger partial charge in [0, 0.05) is 38.4 Å². The Balaban J connectivity index is 1.32. The largest absolute Gasteiger partial charge is 0.396 e. The lowest BCUT2D eigenvalue weighted by atomic mass is 9.75. The lowest BCUT2D eigenvalue weighted by molar-refractivity contribution is -0.133. The van der Waals surface area contributed by atoms with E-state index in [1.807, 2.05) is 41.2 Å². The maximum absolute atomic E-state index is 12.7. The first kappa shape index (κ1) is 18.1. The molecule has 3 aliphatic heterocycles. The number of carbonyl (C=O) groups is 1. The molecule has 4 unspecified atom stereocenters. The highest BCUT2D eigenvalue weighted by Gasteiger charge is 2.43. The fourth-order valence-corrected chi connectivity index (χ4v) is 4.41. The van der Waals surface area contributed by atoms with E-state index in [1.165, 1.54) is 0 Å². The SMILES string of the molecule is O=C(NCc1ccccc1)C1CN2CCC1CC2Cn1cc(CCO)nn1. The van der Waals surface area contributed by atoms with Crippen molar-refractivity contribution in [3.8, 4) is 0 Å². The zero-order valence-corrected chi connectivity index (χ0v) is 15.5. The zero-order chi connectivity index (χ0) is 18.6. The number of hydrogen-bond donors (Lipinski definition) is 2. The van der Waals surface area contributed by atoms with E-state index in [9.17, 15) is 4.79 Å². The molecule has 1 aromatic carbocycles. The Hall–Kier alpha value is -2.25. The number of rotatable bonds is 7. The van der Waals surface area contributed by atoms with E-state index in [2.05, 4.69) is 20.5 Å². The highest BCUT2D eigenvalue weighted by atomic mass is 16.3.